The number of phenols is 2. The Morgan fingerprint density at radius 3 is 2.27 bits per heavy atom. The van der Waals surface area contributed by atoms with Crippen LogP contribution in [0.2, 0.25) is 0 Å². The zero-order chi connectivity index (χ0) is 35.6. The zero-order valence-corrected chi connectivity index (χ0v) is 29.1. The lowest BCUT2D eigenvalue weighted by Gasteiger charge is -2.54. The van der Waals surface area contributed by atoms with Gasteiger partial charge in [-0.1, -0.05) is 13.0 Å². The van der Waals surface area contributed by atoms with Crippen LogP contribution < -0.4 is 4.74 Å². The van der Waals surface area contributed by atoms with E-state index < -0.39 is 71.3 Å². The van der Waals surface area contributed by atoms with E-state index in [0.717, 1.165) is 0 Å². The fourth-order valence-corrected chi connectivity index (χ4v) is 8.83. The zero-order valence-electron chi connectivity index (χ0n) is 29.1. The lowest BCUT2D eigenvalue weighted by Crippen LogP contribution is -2.65. The summed E-state index contributed by atoms with van der Waals surface area (Å²) in [6, 6.07) is 2.44. The summed E-state index contributed by atoms with van der Waals surface area (Å²) in [4.78, 5) is 32.6. The predicted octanol–water partition coefficient (Wildman–Crippen LogP) is 1.95. The van der Waals surface area contributed by atoms with E-state index in [0.29, 0.717) is 5.56 Å². The molecule has 2 aromatic rings. The van der Waals surface area contributed by atoms with Gasteiger partial charge in [-0.2, -0.15) is 0 Å². The second-order valence-electron chi connectivity index (χ2n) is 15.4. The largest absolute Gasteiger partial charge is 0.507 e. The van der Waals surface area contributed by atoms with Gasteiger partial charge in [0, 0.05) is 59.5 Å². The van der Waals surface area contributed by atoms with Crippen LogP contribution in [0.4, 0.5) is 0 Å². The number of fused-ring (bicyclic) bond motifs is 8. The van der Waals surface area contributed by atoms with E-state index in [1.807, 2.05) is 44.9 Å². The van der Waals surface area contributed by atoms with E-state index in [4.69, 9.17) is 18.9 Å². The monoisotopic (exact) mass is 682 g/mol. The molecule has 0 saturated carbocycles. The van der Waals surface area contributed by atoms with Crippen molar-refractivity contribution in [3.05, 3.63) is 51.1 Å². The van der Waals surface area contributed by atoms with Gasteiger partial charge in [-0.05, 0) is 55.0 Å². The molecule has 0 aromatic heterocycles. The van der Waals surface area contributed by atoms with E-state index in [1.54, 1.807) is 26.8 Å². The summed E-state index contributed by atoms with van der Waals surface area (Å²) in [6.07, 6.45) is -4.90. The maximum absolute atomic E-state index is 14.5. The minimum Gasteiger partial charge on any atom is -0.507 e. The van der Waals surface area contributed by atoms with Gasteiger partial charge in [0.05, 0.1) is 40.6 Å². The number of likely N-dealkylation sites (N-methyl/N-ethyl adjacent to an activating group) is 2. The average Bonchev–Trinajstić information content (AvgIpc) is 3.01. The van der Waals surface area contributed by atoms with E-state index in [1.165, 1.54) is 6.07 Å². The molecule has 13 heteroatoms. The van der Waals surface area contributed by atoms with Crippen LogP contribution in [-0.2, 0) is 26.2 Å². The van der Waals surface area contributed by atoms with Crippen LogP contribution in [0, 0.1) is 5.92 Å². The molecule has 0 radical (unpaired) electrons. The van der Waals surface area contributed by atoms with E-state index >= 15 is 0 Å². The number of carbonyl (C=O) groups is 2. The summed E-state index contributed by atoms with van der Waals surface area (Å²) in [5.41, 5.74) is -2.96. The number of benzene rings is 2. The highest BCUT2D eigenvalue weighted by Crippen LogP contribution is 2.55. The third kappa shape index (κ3) is 4.96. The molecule has 2 bridgehead atoms. The highest BCUT2D eigenvalue weighted by molar-refractivity contribution is 6.31. The van der Waals surface area contributed by atoms with Gasteiger partial charge >= 0.3 is 0 Å². The summed E-state index contributed by atoms with van der Waals surface area (Å²) in [5.74, 6) is -2.69. The van der Waals surface area contributed by atoms with E-state index in [9.17, 15) is 35.1 Å². The highest BCUT2D eigenvalue weighted by atomic mass is 16.7. The molecular formula is C36H46N2O11. The van der Waals surface area contributed by atoms with Crippen LogP contribution in [0.25, 0.3) is 0 Å². The Morgan fingerprint density at radius 1 is 0.939 bits per heavy atom. The predicted molar refractivity (Wildman–Crippen MR) is 174 cm³/mol. The van der Waals surface area contributed by atoms with Crippen molar-refractivity contribution in [1.29, 1.82) is 0 Å². The Kier molecular flexibility index (Phi) is 8.01. The molecule has 2 saturated heterocycles. The highest BCUT2D eigenvalue weighted by Gasteiger charge is 2.58. The molecule has 0 amide bonds. The van der Waals surface area contributed by atoms with Crippen molar-refractivity contribution in [3.8, 4) is 17.2 Å². The summed E-state index contributed by atoms with van der Waals surface area (Å²) in [5, 5.41) is 57.3. The maximum atomic E-state index is 14.5. The second kappa shape index (κ2) is 11.4. The van der Waals surface area contributed by atoms with Gasteiger partial charge in [0.25, 0.3) is 0 Å². The molecule has 2 aromatic carbocycles. The molecule has 2 fully saturated rings. The van der Waals surface area contributed by atoms with Crippen LogP contribution >= 0.6 is 0 Å². The van der Waals surface area contributed by atoms with Gasteiger partial charge in [0.1, 0.15) is 29.0 Å². The lowest BCUT2D eigenvalue weighted by molar-refractivity contribution is -0.296. The minimum atomic E-state index is -1.42. The van der Waals surface area contributed by atoms with Gasteiger partial charge in [0.15, 0.2) is 12.1 Å². The molecule has 4 unspecified atom stereocenters. The van der Waals surface area contributed by atoms with Crippen molar-refractivity contribution in [1.82, 2.24) is 9.80 Å². The molecule has 3 aliphatic heterocycles. The van der Waals surface area contributed by atoms with Crippen molar-refractivity contribution < 1.29 is 54.1 Å². The summed E-state index contributed by atoms with van der Waals surface area (Å²) in [7, 11) is 7.40. The molecule has 49 heavy (non-hydrogen) atoms. The van der Waals surface area contributed by atoms with Crippen molar-refractivity contribution in [2.75, 3.05) is 28.2 Å². The number of ketones is 2. The minimum absolute atomic E-state index is 0.00368. The fourth-order valence-electron chi connectivity index (χ4n) is 8.83. The van der Waals surface area contributed by atoms with E-state index in [-0.39, 0.29) is 76.4 Å². The van der Waals surface area contributed by atoms with Crippen LogP contribution in [0.5, 0.6) is 17.2 Å². The number of hydrogen-bond donors (Lipinski definition) is 5. The number of carbonyl (C=O) groups excluding carboxylic acids is 2. The first-order valence-electron chi connectivity index (χ1n) is 16.8. The number of aliphatic hydroxyl groups is 3. The van der Waals surface area contributed by atoms with Crippen LogP contribution in [-0.4, -0.2) is 124 Å². The van der Waals surface area contributed by atoms with Gasteiger partial charge in [-0.15, -0.1) is 0 Å². The Hall–Kier alpha value is -3.14. The van der Waals surface area contributed by atoms with Crippen LogP contribution in [0.1, 0.15) is 95.2 Å². The summed E-state index contributed by atoms with van der Waals surface area (Å²) in [6.45, 7) is 6.90. The van der Waals surface area contributed by atoms with Gasteiger partial charge < -0.3 is 54.3 Å². The Labute approximate surface area is 284 Å². The Bertz CT molecular complexity index is 1740. The molecule has 5 aliphatic rings. The average molecular weight is 683 g/mol. The first kappa shape index (κ1) is 34.3. The number of ether oxygens (including phenoxy) is 4. The molecule has 0 spiro atoms. The maximum Gasteiger partial charge on any atom is 0.205 e. The third-order valence-electron chi connectivity index (χ3n) is 11.4. The Balaban J connectivity index is 1.33. The standard InChI is InChI=1S/C36H46N2O11/c1-14-26(38(7)8)33(44)36(4)18-10-9-16-23(32(18)48-34(14)49-36)31(43)25-24(28(16)40)30(42)22-17(29(25)41)12-35(3,45)13-20(22)47-21-11-19(37(5)6)27(39)15(2)46-21/h9-10,14-15,19-21,26-27,33-34,39,41-42,44-45H,11-13H2,1-8H3/t14?,15?,19?,20-,21-,26?,27-,33-,34-,35+,36+/m0/s1. The van der Waals surface area contributed by atoms with Crippen LogP contribution in [0.15, 0.2) is 12.1 Å². The van der Waals surface area contributed by atoms with Gasteiger partial charge in [0.2, 0.25) is 12.1 Å². The number of rotatable bonds is 4. The molecular weight excluding hydrogens is 636 g/mol. The molecule has 13 nitrogen and oxygen atoms in total. The van der Waals surface area contributed by atoms with Crippen molar-refractivity contribution in [2.24, 2.45) is 5.92 Å². The number of aliphatic hydroxyl groups excluding tert-OH is 2. The first-order chi connectivity index (χ1) is 22.9. The molecule has 11 atom stereocenters. The topological polar surface area (TPSA) is 179 Å². The second-order valence-corrected chi connectivity index (χ2v) is 15.4. The number of hydrogen-bond acceptors (Lipinski definition) is 13. The number of nitrogens with zero attached hydrogens (tertiary/aromatic N) is 2. The van der Waals surface area contributed by atoms with Crippen molar-refractivity contribution in [2.45, 2.75) is 107 Å². The number of aromatic hydroxyl groups is 2. The van der Waals surface area contributed by atoms with Crippen molar-refractivity contribution in [3.63, 3.8) is 0 Å². The van der Waals surface area contributed by atoms with Crippen LogP contribution in [0.3, 0.4) is 0 Å². The summed E-state index contributed by atoms with van der Waals surface area (Å²) >= 11 is 0. The fraction of sp³-hybridized carbons (Fsp3) is 0.611. The lowest BCUT2D eigenvalue weighted by atomic mass is 9.71. The smallest absolute Gasteiger partial charge is 0.205 e. The number of phenolic OH excluding ortho intramolecular Hbond substituents is 2. The molecule has 2 aliphatic carbocycles. The molecule has 5 N–H and O–H groups in total. The van der Waals surface area contributed by atoms with Gasteiger partial charge in [-0.3, -0.25) is 9.59 Å². The van der Waals surface area contributed by atoms with E-state index in [2.05, 4.69) is 0 Å². The summed E-state index contributed by atoms with van der Waals surface area (Å²) < 4.78 is 24.9. The molecule has 3 heterocycles. The SMILES string of the molecule is CC1C(N(C)C)[C@H](O)[C@]2(C)O[C@@H]1Oc1c2ccc2c1C(=O)c1c(O)c3c(c(O)c1C2=O)[C@@H](O[C@H]1CC(N(C)C)[C@@H](O)C(C)O1)C[C@](C)(O)C3. The molecule has 7 rings (SSSR count). The first-order valence-corrected chi connectivity index (χ1v) is 16.8. The Morgan fingerprint density at radius 2 is 1.61 bits per heavy atom. The third-order valence-corrected chi connectivity index (χ3v) is 11.4. The van der Waals surface area contributed by atoms with Crippen molar-refractivity contribution >= 4 is 11.6 Å². The normalized spacial score (nSPS) is 38.1. The molecule has 266 valence electrons. The quantitative estimate of drug-likeness (QED) is 0.253. The van der Waals surface area contributed by atoms with Gasteiger partial charge in [-0.25, -0.2) is 0 Å².